The molecule has 0 aromatic rings. The molecule has 1 amide bonds. The predicted octanol–water partition coefficient (Wildman–Crippen LogP) is 1.47. The van der Waals surface area contributed by atoms with Crippen molar-refractivity contribution < 1.29 is 9.53 Å². The van der Waals surface area contributed by atoms with Gasteiger partial charge < -0.3 is 10.1 Å². The highest BCUT2D eigenvalue weighted by molar-refractivity contribution is 5.76. The standard InChI is InChI=1S/C12H19NO2/c1-3-10(2)13-12(14)8-7-11-6-4-5-9-15-11/h1,10-11H,4-9H2,2H3,(H,13,14). The summed E-state index contributed by atoms with van der Waals surface area (Å²) in [5.74, 6) is 2.49. The second-order valence-electron chi connectivity index (χ2n) is 3.98. The van der Waals surface area contributed by atoms with Crippen LogP contribution in [0.1, 0.15) is 39.0 Å². The lowest BCUT2D eigenvalue weighted by Crippen LogP contribution is -2.32. The van der Waals surface area contributed by atoms with Gasteiger partial charge in [0.2, 0.25) is 5.91 Å². The minimum atomic E-state index is -0.176. The van der Waals surface area contributed by atoms with E-state index in [4.69, 9.17) is 11.2 Å². The molecule has 1 rings (SSSR count). The van der Waals surface area contributed by atoms with Crippen LogP contribution in [0.2, 0.25) is 0 Å². The van der Waals surface area contributed by atoms with Crippen LogP contribution in [-0.2, 0) is 9.53 Å². The highest BCUT2D eigenvalue weighted by atomic mass is 16.5. The van der Waals surface area contributed by atoms with Gasteiger partial charge in [0, 0.05) is 13.0 Å². The molecule has 15 heavy (non-hydrogen) atoms. The molecule has 0 saturated carbocycles. The van der Waals surface area contributed by atoms with Gasteiger partial charge in [-0.3, -0.25) is 4.79 Å². The molecule has 3 heteroatoms. The summed E-state index contributed by atoms with van der Waals surface area (Å²) >= 11 is 0. The van der Waals surface area contributed by atoms with E-state index >= 15 is 0 Å². The summed E-state index contributed by atoms with van der Waals surface area (Å²) < 4.78 is 5.54. The average Bonchev–Trinajstić information content (AvgIpc) is 2.27. The molecule has 1 aliphatic rings. The lowest BCUT2D eigenvalue weighted by atomic mass is 10.0. The number of hydrogen-bond acceptors (Lipinski definition) is 2. The molecule has 0 aromatic carbocycles. The minimum absolute atomic E-state index is 0.0228. The summed E-state index contributed by atoms with van der Waals surface area (Å²) in [7, 11) is 0. The molecule has 84 valence electrons. The normalized spacial score (nSPS) is 22.8. The van der Waals surface area contributed by atoms with E-state index in [9.17, 15) is 4.79 Å². The first kappa shape index (κ1) is 12.1. The summed E-state index contributed by atoms with van der Waals surface area (Å²) in [6.45, 7) is 2.64. The van der Waals surface area contributed by atoms with Crippen molar-refractivity contribution in [2.24, 2.45) is 0 Å². The van der Waals surface area contributed by atoms with Crippen LogP contribution in [0.4, 0.5) is 0 Å². The third-order valence-corrected chi connectivity index (χ3v) is 2.59. The number of rotatable bonds is 4. The first-order valence-electron chi connectivity index (χ1n) is 5.59. The number of carbonyl (C=O) groups excluding carboxylic acids is 1. The van der Waals surface area contributed by atoms with Crippen molar-refractivity contribution in [3.8, 4) is 12.3 Å². The molecule has 1 heterocycles. The SMILES string of the molecule is C#CC(C)NC(=O)CCC1CCCCO1. The maximum absolute atomic E-state index is 11.4. The van der Waals surface area contributed by atoms with E-state index in [0.717, 1.165) is 25.9 Å². The van der Waals surface area contributed by atoms with Crippen LogP contribution in [0.25, 0.3) is 0 Å². The Hall–Kier alpha value is -1.01. The van der Waals surface area contributed by atoms with Gasteiger partial charge in [-0.25, -0.2) is 0 Å². The van der Waals surface area contributed by atoms with Crippen molar-refractivity contribution in [1.29, 1.82) is 0 Å². The monoisotopic (exact) mass is 209 g/mol. The van der Waals surface area contributed by atoms with Gasteiger partial charge in [-0.2, -0.15) is 0 Å². The zero-order valence-electron chi connectivity index (χ0n) is 9.29. The number of carbonyl (C=O) groups is 1. The molecule has 1 N–H and O–H groups in total. The Morgan fingerprint density at radius 2 is 2.47 bits per heavy atom. The molecular weight excluding hydrogens is 190 g/mol. The molecule has 1 fully saturated rings. The van der Waals surface area contributed by atoms with Gasteiger partial charge in [0.05, 0.1) is 12.1 Å². The summed E-state index contributed by atoms with van der Waals surface area (Å²) in [6, 6.07) is -0.176. The number of hydrogen-bond donors (Lipinski definition) is 1. The van der Waals surface area contributed by atoms with Crippen LogP contribution in [0, 0.1) is 12.3 Å². The molecule has 1 aliphatic heterocycles. The summed E-state index contributed by atoms with van der Waals surface area (Å²) in [5.41, 5.74) is 0. The van der Waals surface area contributed by atoms with E-state index in [0.29, 0.717) is 6.42 Å². The second kappa shape index (κ2) is 6.47. The fourth-order valence-corrected chi connectivity index (χ4v) is 1.68. The highest BCUT2D eigenvalue weighted by Gasteiger charge is 2.15. The van der Waals surface area contributed by atoms with Crippen LogP contribution in [0.3, 0.4) is 0 Å². The molecule has 0 aliphatic carbocycles. The van der Waals surface area contributed by atoms with Crippen molar-refractivity contribution >= 4 is 5.91 Å². The quantitative estimate of drug-likeness (QED) is 0.712. The number of terminal acetylenes is 1. The second-order valence-corrected chi connectivity index (χ2v) is 3.98. The molecule has 3 nitrogen and oxygen atoms in total. The molecule has 1 saturated heterocycles. The van der Waals surface area contributed by atoms with Gasteiger partial charge in [0.25, 0.3) is 0 Å². The third-order valence-electron chi connectivity index (χ3n) is 2.59. The zero-order valence-corrected chi connectivity index (χ0v) is 9.29. The molecule has 2 atom stereocenters. The zero-order chi connectivity index (χ0) is 11.1. The molecule has 0 spiro atoms. The van der Waals surface area contributed by atoms with Gasteiger partial charge in [-0.15, -0.1) is 6.42 Å². The number of nitrogens with one attached hydrogen (secondary N) is 1. The number of ether oxygens (including phenoxy) is 1. The summed E-state index contributed by atoms with van der Waals surface area (Å²) in [5, 5.41) is 2.74. The fourth-order valence-electron chi connectivity index (χ4n) is 1.68. The van der Waals surface area contributed by atoms with Crippen LogP contribution < -0.4 is 5.32 Å². The van der Waals surface area contributed by atoms with E-state index in [2.05, 4.69) is 11.2 Å². The maximum atomic E-state index is 11.4. The van der Waals surface area contributed by atoms with E-state index in [1.807, 2.05) is 0 Å². The fraction of sp³-hybridized carbons (Fsp3) is 0.750. The lowest BCUT2D eigenvalue weighted by molar-refractivity contribution is -0.122. The van der Waals surface area contributed by atoms with Crippen molar-refractivity contribution in [1.82, 2.24) is 5.32 Å². The highest BCUT2D eigenvalue weighted by Crippen LogP contribution is 2.16. The first-order chi connectivity index (χ1) is 7.22. The van der Waals surface area contributed by atoms with Crippen molar-refractivity contribution in [3.63, 3.8) is 0 Å². The van der Waals surface area contributed by atoms with Gasteiger partial charge in [-0.05, 0) is 32.6 Å². The lowest BCUT2D eigenvalue weighted by Gasteiger charge is -2.22. The van der Waals surface area contributed by atoms with Crippen LogP contribution in [-0.4, -0.2) is 24.7 Å². The molecule has 0 aromatic heterocycles. The maximum Gasteiger partial charge on any atom is 0.221 e. The van der Waals surface area contributed by atoms with E-state index in [-0.39, 0.29) is 18.1 Å². The van der Waals surface area contributed by atoms with Crippen molar-refractivity contribution in [3.05, 3.63) is 0 Å². The average molecular weight is 209 g/mol. The van der Waals surface area contributed by atoms with Crippen molar-refractivity contribution in [2.45, 2.75) is 51.2 Å². The van der Waals surface area contributed by atoms with Crippen LogP contribution in [0.15, 0.2) is 0 Å². The van der Waals surface area contributed by atoms with Gasteiger partial charge in [0.15, 0.2) is 0 Å². The molecule has 0 radical (unpaired) electrons. The number of amides is 1. The molecule has 0 bridgehead atoms. The smallest absolute Gasteiger partial charge is 0.221 e. The van der Waals surface area contributed by atoms with Gasteiger partial charge in [-0.1, -0.05) is 5.92 Å². The Morgan fingerprint density at radius 1 is 1.67 bits per heavy atom. The molecule has 2 unspecified atom stereocenters. The largest absolute Gasteiger partial charge is 0.378 e. The van der Waals surface area contributed by atoms with Crippen molar-refractivity contribution in [2.75, 3.05) is 6.61 Å². The predicted molar refractivity (Wildman–Crippen MR) is 59.3 cm³/mol. The van der Waals surface area contributed by atoms with E-state index in [1.165, 1.54) is 6.42 Å². The Balaban J connectivity index is 2.13. The Kier molecular flexibility index (Phi) is 5.20. The summed E-state index contributed by atoms with van der Waals surface area (Å²) in [6.07, 6.45) is 10.2. The minimum Gasteiger partial charge on any atom is -0.378 e. The van der Waals surface area contributed by atoms with Gasteiger partial charge >= 0.3 is 0 Å². The Labute approximate surface area is 91.6 Å². The third kappa shape index (κ3) is 4.85. The van der Waals surface area contributed by atoms with Crippen LogP contribution >= 0.6 is 0 Å². The van der Waals surface area contributed by atoms with Crippen LogP contribution in [0.5, 0.6) is 0 Å². The van der Waals surface area contributed by atoms with E-state index in [1.54, 1.807) is 6.92 Å². The molecular formula is C12H19NO2. The Morgan fingerprint density at radius 3 is 3.07 bits per heavy atom. The van der Waals surface area contributed by atoms with E-state index < -0.39 is 0 Å². The first-order valence-corrected chi connectivity index (χ1v) is 5.59. The Bertz CT molecular complexity index is 238. The van der Waals surface area contributed by atoms with Gasteiger partial charge in [0.1, 0.15) is 0 Å². The topological polar surface area (TPSA) is 38.3 Å². The summed E-state index contributed by atoms with van der Waals surface area (Å²) in [4.78, 5) is 11.4.